The molecular weight excluding hydrogens is 400 g/mol. The highest BCUT2D eigenvalue weighted by Gasteiger charge is 2.33. The second-order valence-corrected chi connectivity index (χ2v) is 6.90. The molecule has 4 rings (SSSR count). The minimum Gasteiger partial charge on any atom is -0.493 e. The van der Waals surface area contributed by atoms with Crippen molar-refractivity contribution in [2.24, 2.45) is 0 Å². The van der Waals surface area contributed by atoms with Gasteiger partial charge in [0.25, 0.3) is 0 Å². The molecule has 0 amide bonds. The maximum Gasteiger partial charge on any atom is 0.514 e. The number of aromatic nitrogens is 3. The molecule has 0 radical (unpaired) electrons. The molecule has 1 aliphatic rings. The molecule has 31 heavy (non-hydrogen) atoms. The molecule has 0 saturated heterocycles. The van der Waals surface area contributed by atoms with Crippen molar-refractivity contribution in [3.63, 3.8) is 0 Å². The van der Waals surface area contributed by atoms with E-state index in [0.29, 0.717) is 29.5 Å². The van der Waals surface area contributed by atoms with Gasteiger partial charge in [0.15, 0.2) is 23.1 Å². The number of ether oxygens (including phenoxy) is 4. The first-order valence-corrected chi connectivity index (χ1v) is 9.96. The number of nitrogens with zero attached hydrogens (tertiary/aromatic N) is 3. The summed E-state index contributed by atoms with van der Waals surface area (Å²) in [4.78, 5) is 16.4. The number of anilines is 1. The van der Waals surface area contributed by atoms with Crippen molar-refractivity contribution in [2.75, 3.05) is 26.1 Å². The Morgan fingerprint density at radius 1 is 1.16 bits per heavy atom. The van der Waals surface area contributed by atoms with Gasteiger partial charge < -0.3 is 24.3 Å². The predicted octanol–water partition coefficient (Wildman–Crippen LogP) is 3.98. The molecule has 162 valence electrons. The molecule has 1 aliphatic heterocycles. The molecule has 0 aliphatic carbocycles. The third kappa shape index (κ3) is 4.11. The number of hydrogen-bond acceptors (Lipinski definition) is 8. The Bertz CT molecular complexity index is 1050. The summed E-state index contributed by atoms with van der Waals surface area (Å²) in [6.45, 7) is 1.94. The molecule has 2 unspecified atom stereocenters. The van der Waals surface area contributed by atoms with Crippen LogP contribution in [0.3, 0.4) is 0 Å². The quantitative estimate of drug-likeness (QED) is 0.594. The van der Waals surface area contributed by atoms with E-state index in [1.807, 2.05) is 36.4 Å². The van der Waals surface area contributed by atoms with Crippen molar-refractivity contribution >= 4 is 12.0 Å². The number of carbonyl (C=O) groups excluding carboxylic acids is 1. The number of benzene rings is 1. The molecule has 3 heterocycles. The fraction of sp³-hybridized carbons (Fsp3) is 0.318. The fourth-order valence-electron chi connectivity index (χ4n) is 3.69. The van der Waals surface area contributed by atoms with Gasteiger partial charge in [0.2, 0.25) is 0 Å². The van der Waals surface area contributed by atoms with Crippen LogP contribution in [0.1, 0.15) is 36.7 Å². The average Bonchev–Trinajstić information content (AvgIpc) is 3.21. The molecule has 1 N–H and O–H groups in total. The number of fused-ring (bicyclic) bond motifs is 1. The van der Waals surface area contributed by atoms with E-state index in [2.05, 4.69) is 15.4 Å². The zero-order chi connectivity index (χ0) is 21.8. The van der Waals surface area contributed by atoms with E-state index in [9.17, 15) is 4.79 Å². The van der Waals surface area contributed by atoms with Crippen molar-refractivity contribution in [1.82, 2.24) is 14.8 Å². The Kier molecular flexibility index (Phi) is 5.92. The summed E-state index contributed by atoms with van der Waals surface area (Å²) in [7, 11) is 3.20. The minimum absolute atomic E-state index is 0.118. The molecule has 0 saturated carbocycles. The SMILES string of the molecule is CCOC(=O)Oc1cnn2c1NC(c1ccccn1)CC2c1ccc(OC)c(OC)c1. The Morgan fingerprint density at radius 3 is 2.71 bits per heavy atom. The van der Waals surface area contributed by atoms with Crippen LogP contribution in [0.5, 0.6) is 17.2 Å². The first kappa shape index (κ1) is 20.5. The van der Waals surface area contributed by atoms with Gasteiger partial charge in [-0.25, -0.2) is 9.48 Å². The summed E-state index contributed by atoms with van der Waals surface area (Å²) in [6, 6.07) is 11.3. The van der Waals surface area contributed by atoms with Gasteiger partial charge in [-0.3, -0.25) is 4.98 Å². The van der Waals surface area contributed by atoms with Gasteiger partial charge in [-0.05, 0) is 43.2 Å². The van der Waals surface area contributed by atoms with Crippen molar-refractivity contribution < 1.29 is 23.7 Å². The third-order valence-corrected chi connectivity index (χ3v) is 5.12. The zero-order valence-corrected chi connectivity index (χ0v) is 17.6. The van der Waals surface area contributed by atoms with Crippen LogP contribution < -0.4 is 19.5 Å². The van der Waals surface area contributed by atoms with Crippen LogP contribution in [0.25, 0.3) is 0 Å². The summed E-state index contributed by atoms with van der Waals surface area (Å²) >= 11 is 0. The van der Waals surface area contributed by atoms with E-state index in [-0.39, 0.29) is 18.7 Å². The molecular formula is C22H24N4O5. The standard InChI is InChI=1S/C22H24N4O5/c1-4-30-22(27)31-20-13-24-26-17(14-8-9-18(28-2)19(11-14)29-3)12-16(25-21(20)26)15-7-5-6-10-23-15/h5-11,13,16-17,25H,4,12H2,1-3H3. The van der Waals surface area contributed by atoms with Crippen LogP contribution in [-0.2, 0) is 4.74 Å². The highest BCUT2D eigenvalue weighted by Crippen LogP contribution is 2.43. The molecule has 0 bridgehead atoms. The monoisotopic (exact) mass is 424 g/mol. The van der Waals surface area contributed by atoms with Crippen molar-refractivity contribution in [3.8, 4) is 17.2 Å². The Labute approximate surface area is 179 Å². The lowest BCUT2D eigenvalue weighted by atomic mass is 9.95. The first-order valence-electron chi connectivity index (χ1n) is 9.96. The van der Waals surface area contributed by atoms with Crippen molar-refractivity contribution in [3.05, 3.63) is 60.0 Å². The summed E-state index contributed by atoms with van der Waals surface area (Å²) in [5, 5.41) is 7.89. The largest absolute Gasteiger partial charge is 0.514 e. The highest BCUT2D eigenvalue weighted by molar-refractivity contribution is 5.67. The van der Waals surface area contributed by atoms with E-state index in [1.54, 1.807) is 32.0 Å². The van der Waals surface area contributed by atoms with Gasteiger partial charge in [-0.15, -0.1) is 0 Å². The molecule has 3 aromatic rings. The lowest BCUT2D eigenvalue weighted by Gasteiger charge is -2.32. The molecule has 0 spiro atoms. The molecule has 0 fully saturated rings. The Balaban J connectivity index is 1.75. The van der Waals surface area contributed by atoms with Gasteiger partial charge in [-0.2, -0.15) is 5.10 Å². The number of carbonyl (C=O) groups is 1. The molecule has 9 nitrogen and oxygen atoms in total. The Morgan fingerprint density at radius 2 is 2.00 bits per heavy atom. The highest BCUT2D eigenvalue weighted by atomic mass is 16.7. The van der Waals surface area contributed by atoms with Crippen molar-refractivity contribution in [1.29, 1.82) is 0 Å². The summed E-state index contributed by atoms with van der Waals surface area (Å²) in [5.74, 6) is 2.15. The van der Waals surface area contributed by atoms with Crippen LogP contribution in [-0.4, -0.2) is 41.7 Å². The van der Waals surface area contributed by atoms with E-state index in [4.69, 9.17) is 18.9 Å². The van der Waals surface area contributed by atoms with E-state index >= 15 is 0 Å². The number of methoxy groups -OCH3 is 2. The topological polar surface area (TPSA) is 96.7 Å². The second kappa shape index (κ2) is 8.95. The van der Waals surface area contributed by atoms with Crippen LogP contribution in [0, 0.1) is 0 Å². The summed E-state index contributed by atoms with van der Waals surface area (Å²) in [5.41, 5.74) is 1.86. The van der Waals surface area contributed by atoms with Crippen LogP contribution in [0.15, 0.2) is 48.8 Å². The van der Waals surface area contributed by atoms with E-state index < -0.39 is 6.16 Å². The lowest BCUT2D eigenvalue weighted by molar-refractivity contribution is 0.104. The van der Waals surface area contributed by atoms with Crippen LogP contribution in [0.2, 0.25) is 0 Å². The normalized spacial score (nSPS) is 17.3. The fourth-order valence-corrected chi connectivity index (χ4v) is 3.69. The molecule has 9 heteroatoms. The zero-order valence-electron chi connectivity index (χ0n) is 17.6. The summed E-state index contributed by atoms with van der Waals surface area (Å²) in [6.07, 6.45) is 3.17. The Hall–Kier alpha value is -3.75. The smallest absolute Gasteiger partial charge is 0.493 e. The van der Waals surface area contributed by atoms with Gasteiger partial charge >= 0.3 is 6.16 Å². The minimum atomic E-state index is -0.775. The van der Waals surface area contributed by atoms with Gasteiger partial charge in [0.1, 0.15) is 0 Å². The average molecular weight is 424 g/mol. The molecule has 2 atom stereocenters. The molecule has 2 aromatic heterocycles. The third-order valence-electron chi connectivity index (χ3n) is 5.12. The number of rotatable bonds is 6. The summed E-state index contributed by atoms with van der Waals surface area (Å²) < 4.78 is 22.9. The lowest BCUT2D eigenvalue weighted by Crippen LogP contribution is -2.28. The maximum atomic E-state index is 11.9. The number of nitrogens with one attached hydrogen (secondary N) is 1. The predicted molar refractivity (Wildman–Crippen MR) is 113 cm³/mol. The van der Waals surface area contributed by atoms with Gasteiger partial charge in [0.05, 0.1) is 44.8 Å². The number of pyridine rings is 1. The van der Waals surface area contributed by atoms with E-state index in [1.165, 1.54) is 6.20 Å². The van der Waals surface area contributed by atoms with Gasteiger partial charge in [0, 0.05) is 6.20 Å². The second-order valence-electron chi connectivity index (χ2n) is 6.90. The van der Waals surface area contributed by atoms with Crippen LogP contribution >= 0.6 is 0 Å². The first-order chi connectivity index (χ1) is 15.1. The number of hydrogen-bond donors (Lipinski definition) is 1. The van der Waals surface area contributed by atoms with Crippen LogP contribution in [0.4, 0.5) is 10.6 Å². The van der Waals surface area contributed by atoms with E-state index in [0.717, 1.165) is 11.3 Å². The van der Waals surface area contributed by atoms with Gasteiger partial charge in [-0.1, -0.05) is 12.1 Å². The van der Waals surface area contributed by atoms with Crippen molar-refractivity contribution in [2.45, 2.75) is 25.4 Å². The molecule has 1 aromatic carbocycles. The maximum absolute atomic E-state index is 11.9.